The van der Waals surface area contributed by atoms with E-state index in [1.54, 1.807) is 6.20 Å². The number of hydrazine groups is 1. The zero-order valence-electron chi connectivity index (χ0n) is 11.1. The van der Waals surface area contributed by atoms with Crippen molar-refractivity contribution in [3.8, 4) is 5.75 Å². The summed E-state index contributed by atoms with van der Waals surface area (Å²) in [6.07, 6.45) is 3.95. The summed E-state index contributed by atoms with van der Waals surface area (Å²) in [5.41, 5.74) is 4.83. The Morgan fingerprint density at radius 3 is 2.68 bits per heavy atom. The molecule has 0 aliphatic rings. The first-order valence-corrected chi connectivity index (χ1v) is 6.45. The van der Waals surface area contributed by atoms with Gasteiger partial charge in [-0.25, -0.2) is 10.8 Å². The lowest BCUT2D eigenvalue weighted by molar-refractivity contribution is 0.306. The first-order valence-electron chi connectivity index (χ1n) is 6.45. The summed E-state index contributed by atoms with van der Waals surface area (Å²) in [7, 11) is 0. The number of nitrogens with one attached hydrogen (secondary N) is 1. The fourth-order valence-electron chi connectivity index (χ4n) is 1.89. The van der Waals surface area contributed by atoms with E-state index in [0.717, 1.165) is 24.2 Å². The molecule has 0 bridgehead atoms. The Kier molecular flexibility index (Phi) is 4.75. The fourth-order valence-corrected chi connectivity index (χ4v) is 1.89. The van der Waals surface area contributed by atoms with Gasteiger partial charge in [0.2, 0.25) is 0 Å². The monoisotopic (exact) mass is 257 g/mol. The van der Waals surface area contributed by atoms with Gasteiger partial charge in [-0.3, -0.25) is 0 Å². The number of nitrogens with zero attached hydrogens (tertiary/aromatic N) is 1. The standard InChI is InChI=1S/C15H19N3O/c1-2-4-12-6-8-14(9-7-12)19-11-13-5-3-10-17-15(13)18-16/h3,5-10H,2,4,11,16H2,1H3,(H,17,18). The maximum absolute atomic E-state index is 5.73. The molecule has 100 valence electrons. The molecule has 0 saturated carbocycles. The Balaban J connectivity index is 1.98. The van der Waals surface area contributed by atoms with Crippen molar-refractivity contribution in [2.75, 3.05) is 5.43 Å². The second-order valence-corrected chi connectivity index (χ2v) is 4.34. The van der Waals surface area contributed by atoms with Crippen LogP contribution in [0.5, 0.6) is 5.75 Å². The van der Waals surface area contributed by atoms with Crippen molar-refractivity contribution in [1.29, 1.82) is 0 Å². The third-order valence-corrected chi connectivity index (χ3v) is 2.88. The Bertz CT molecular complexity index is 511. The van der Waals surface area contributed by atoms with Gasteiger partial charge in [-0.15, -0.1) is 0 Å². The summed E-state index contributed by atoms with van der Waals surface area (Å²) in [5.74, 6) is 6.90. The van der Waals surface area contributed by atoms with E-state index in [1.807, 2.05) is 24.3 Å². The smallest absolute Gasteiger partial charge is 0.146 e. The summed E-state index contributed by atoms with van der Waals surface area (Å²) in [6, 6.07) is 12.0. The highest BCUT2D eigenvalue weighted by Crippen LogP contribution is 2.17. The first-order chi connectivity index (χ1) is 9.33. The van der Waals surface area contributed by atoms with Crippen molar-refractivity contribution in [2.45, 2.75) is 26.4 Å². The summed E-state index contributed by atoms with van der Waals surface area (Å²) in [5, 5.41) is 0. The van der Waals surface area contributed by atoms with Gasteiger partial charge >= 0.3 is 0 Å². The van der Waals surface area contributed by atoms with Crippen LogP contribution in [-0.2, 0) is 13.0 Å². The minimum absolute atomic E-state index is 0.445. The maximum atomic E-state index is 5.73. The van der Waals surface area contributed by atoms with Gasteiger partial charge in [0, 0.05) is 11.8 Å². The predicted octanol–water partition coefficient (Wildman–Crippen LogP) is 2.90. The lowest BCUT2D eigenvalue weighted by atomic mass is 10.1. The minimum atomic E-state index is 0.445. The van der Waals surface area contributed by atoms with Gasteiger partial charge < -0.3 is 10.2 Å². The van der Waals surface area contributed by atoms with E-state index in [4.69, 9.17) is 10.6 Å². The molecule has 1 aromatic heterocycles. The molecule has 0 radical (unpaired) electrons. The number of pyridine rings is 1. The molecule has 19 heavy (non-hydrogen) atoms. The molecule has 3 N–H and O–H groups in total. The molecule has 0 amide bonds. The molecule has 0 spiro atoms. The zero-order chi connectivity index (χ0) is 13.5. The van der Waals surface area contributed by atoms with Crippen molar-refractivity contribution < 1.29 is 4.74 Å². The van der Waals surface area contributed by atoms with Crippen LogP contribution in [0, 0.1) is 0 Å². The summed E-state index contributed by atoms with van der Waals surface area (Å²) in [4.78, 5) is 4.13. The number of nitrogen functional groups attached to an aromatic ring is 1. The highest BCUT2D eigenvalue weighted by Gasteiger charge is 2.02. The van der Waals surface area contributed by atoms with Gasteiger partial charge in [0.1, 0.15) is 18.2 Å². The largest absolute Gasteiger partial charge is 0.489 e. The summed E-state index contributed by atoms with van der Waals surface area (Å²) < 4.78 is 5.73. The molecule has 2 rings (SSSR count). The normalized spacial score (nSPS) is 10.2. The van der Waals surface area contributed by atoms with E-state index in [9.17, 15) is 0 Å². The van der Waals surface area contributed by atoms with Crippen LogP contribution in [0.25, 0.3) is 0 Å². The number of aromatic nitrogens is 1. The SMILES string of the molecule is CCCc1ccc(OCc2cccnc2NN)cc1. The third-order valence-electron chi connectivity index (χ3n) is 2.88. The number of benzene rings is 1. The van der Waals surface area contributed by atoms with Crippen molar-refractivity contribution in [3.63, 3.8) is 0 Å². The van der Waals surface area contributed by atoms with Crippen molar-refractivity contribution in [2.24, 2.45) is 5.84 Å². The quantitative estimate of drug-likeness (QED) is 0.617. The molecule has 0 atom stereocenters. The lowest BCUT2D eigenvalue weighted by Crippen LogP contribution is -2.12. The maximum Gasteiger partial charge on any atom is 0.146 e. The number of anilines is 1. The lowest BCUT2D eigenvalue weighted by Gasteiger charge is -2.10. The first kappa shape index (κ1) is 13.4. The van der Waals surface area contributed by atoms with Crippen LogP contribution in [0.1, 0.15) is 24.5 Å². The van der Waals surface area contributed by atoms with Crippen LogP contribution in [0.3, 0.4) is 0 Å². The molecule has 0 aliphatic carbocycles. The van der Waals surface area contributed by atoms with Gasteiger partial charge in [-0.05, 0) is 30.2 Å². The number of ether oxygens (including phenoxy) is 1. The van der Waals surface area contributed by atoms with E-state index >= 15 is 0 Å². The number of hydrogen-bond acceptors (Lipinski definition) is 4. The predicted molar refractivity (Wildman–Crippen MR) is 76.8 cm³/mol. The van der Waals surface area contributed by atoms with Crippen molar-refractivity contribution in [3.05, 3.63) is 53.7 Å². The molecule has 0 fully saturated rings. The molecule has 2 aromatic rings. The zero-order valence-corrected chi connectivity index (χ0v) is 11.1. The number of aryl methyl sites for hydroxylation is 1. The average Bonchev–Trinajstić information content (AvgIpc) is 2.47. The highest BCUT2D eigenvalue weighted by molar-refractivity contribution is 5.42. The Morgan fingerprint density at radius 1 is 1.21 bits per heavy atom. The Hall–Kier alpha value is -2.07. The molecule has 0 aliphatic heterocycles. The van der Waals surface area contributed by atoms with Gasteiger partial charge in [0.05, 0.1) is 0 Å². The second kappa shape index (κ2) is 6.75. The van der Waals surface area contributed by atoms with Gasteiger partial charge in [-0.2, -0.15) is 0 Å². The topological polar surface area (TPSA) is 60.2 Å². The van der Waals surface area contributed by atoms with Crippen LogP contribution in [0.2, 0.25) is 0 Å². The molecular formula is C15H19N3O. The molecule has 4 nitrogen and oxygen atoms in total. The van der Waals surface area contributed by atoms with E-state index in [1.165, 1.54) is 5.56 Å². The summed E-state index contributed by atoms with van der Waals surface area (Å²) in [6.45, 7) is 2.62. The number of nitrogens with two attached hydrogens (primary N) is 1. The van der Waals surface area contributed by atoms with Crippen LogP contribution < -0.4 is 16.0 Å². The van der Waals surface area contributed by atoms with Crippen LogP contribution >= 0.6 is 0 Å². The molecule has 1 heterocycles. The molecule has 4 heteroatoms. The fraction of sp³-hybridized carbons (Fsp3) is 0.267. The van der Waals surface area contributed by atoms with Crippen molar-refractivity contribution >= 4 is 5.82 Å². The van der Waals surface area contributed by atoms with Gasteiger partial charge in [0.25, 0.3) is 0 Å². The van der Waals surface area contributed by atoms with Gasteiger partial charge in [-0.1, -0.05) is 31.5 Å². The second-order valence-electron chi connectivity index (χ2n) is 4.34. The minimum Gasteiger partial charge on any atom is -0.489 e. The molecule has 0 unspecified atom stereocenters. The Labute approximate surface area is 113 Å². The average molecular weight is 257 g/mol. The molecule has 0 saturated heterocycles. The number of rotatable bonds is 6. The molecular weight excluding hydrogens is 238 g/mol. The Morgan fingerprint density at radius 2 is 2.00 bits per heavy atom. The highest BCUT2D eigenvalue weighted by atomic mass is 16.5. The van der Waals surface area contributed by atoms with E-state index < -0.39 is 0 Å². The van der Waals surface area contributed by atoms with Gasteiger partial charge in [0.15, 0.2) is 0 Å². The summed E-state index contributed by atoms with van der Waals surface area (Å²) >= 11 is 0. The van der Waals surface area contributed by atoms with E-state index in [2.05, 4.69) is 29.5 Å². The number of hydrogen-bond donors (Lipinski definition) is 2. The molecule has 1 aromatic carbocycles. The van der Waals surface area contributed by atoms with Crippen LogP contribution in [0.4, 0.5) is 5.82 Å². The van der Waals surface area contributed by atoms with Crippen molar-refractivity contribution in [1.82, 2.24) is 4.98 Å². The van der Waals surface area contributed by atoms with Crippen LogP contribution in [-0.4, -0.2) is 4.98 Å². The van der Waals surface area contributed by atoms with E-state index in [0.29, 0.717) is 12.4 Å². The van der Waals surface area contributed by atoms with Crippen LogP contribution in [0.15, 0.2) is 42.6 Å². The van der Waals surface area contributed by atoms with E-state index in [-0.39, 0.29) is 0 Å². The third kappa shape index (κ3) is 3.69.